The first-order chi connectivity index (χ1) is 9.52. The Kier molecular flexibility index (Phi) is 5.07. The molecular weight excluding hydrogens is 260 g/mol. The van der Waals surface area contributed by atoms with E-state index < -0.39 is 5.82 Å². The van der Waals surface area contributed by atoms with Gasteiger partial charge in [0.05, 0.1) is 6.04 Å². The highest BCUT2D eigenvalue weighted by Gasteiger charge is 2.27. The van der Waals surface area contributed by atoms with E-state index in [-0.39, 0.29) is 11.9 Å². The van der Waals surface area contributed by atoms with E-state index >= 15 is 0 Å². The minimum atomic E-state index is -0.414. The molecule has 0 amide bonds. The van der Waals surface area contributed by atoms with Gasteiger partial charge < -0.3 is 10.6 Å². The second kappa shape index (κ2) is 6.61. The van der Waals surface area contributed by atoms with E-state index in [1.807, 2.05) is 0 Å². The lowest BCUT2D eigenvalue weighted by atomic mass is 9.98. The van der Waals surface area contributed by atoms with Crippen LogP contribution in [0.15, 0.2) is 18.2 Å². The van der Waals surface area contributed by atoms with Gasteiger partial charge in [-0.15, -0.1) is 0 Å². The predicted octanol–water partition coefficient (Wildman–Crippen LogP) is 1.99. The molecule has 1 aromatic carbocycles. The van der Waals surface area contributed by atoms with Crippen LogP contribution < -0.4 is 5.73 Å². The van der Waals surface area contributed by atoms with Crippen LogP contribution in [0.5, 0.6) is 0 Å². The number of rotatable bonds is 4. The molecule has 20 heavy (non-hydrogen) atoms. The quantitative estimate of drug-likeness (QED) is 0.917. The molecule has 1 aromatic rings. The summed E-state index contributed by atoms with van der Waals surface area (Å²) in [6.45, 7) is 2.02. The van der Waals surface area contributed by atoms with Crippen LogP contribution in [0.2, 0.25) is 0 Å². The summed E-state index contributed by atoms with van der Waals surface area (Å²) < 4.78 is 27.3. The van der Waals surface area contributed by atoms with Crippen molar-refractivity contribution in [2.24, 2.45) is 5.73 Å². The molecule has 2 rings (SSSR count). The van der Waals surface area contributed by atoms with Crippen LogP contribution in [0.4, 0.5) is 8.78 Å². The van der Waals surface area contributed by atoms with Gasteiger partial charge in [-0.05, 0) is 45.1 Å². The van der Waals surface area contributed by atoms with Gasteiger partial charge in [-0.2, -0.15) is 0 Å². The SMILES string of the molecule is CN(C)C1CCN(C(CN)c2cc(F)ccc2F)CC1. The standard InChI is InChI=1S/C15H23F2N3/c1-19(2)12-5-7-20(8-6-12)15(10-18)13-9-11(16)3-4-14(13)17/h3-4,9,12,15H,5-8,10,18H2,1-2H3. The summed E-state index contributed by atoms with van der Waals surface area (Å²) >= 11 is 0. The summed E-state index contributed by atoms with van der Waals surface area (Å²) in [4.78, 5) is 4.38. The van der Waals surface area contributed by atoms with Crippen molar-refractivity contribution in [3.8, 4) is 0 Å². The van der Waals surface area contributed by atoms with Crippen molar-refractivity contribution >= 4 is 0 Å². The first-order valence-corrected chi connectivity index (χ1v) is 7.08. The number of halogens is 2. The first kappa shape index (κ1) is 15.4. The van der Waals surface area contributed by atoms with Crippen molar-refractivity contribution in [3.05, 3.63) is 35.4 Å². The maximum absolute atomic E-state index is 13.9. The van der Waals surface area contributed by atoms with Crippen LogP contribution in [-0.4, -0.2) is 49.6 Å². The first-order valence-electron chi connectivity index (χ1n) is 7.08. The Morgan fingerprint density at radius 2 is 1.95 bits per heavy atom. The number of hydrogen-bond acceptors (Lipinski definition) is 3. The molecule has 1 fully saturated rings. The van der Waals surface area contributed by atoms with Crippen molar-refractivity contribution in [1.82, 2.24) is 9.80 Å². The molecule has 0 saturated carbocycles. The molecular formula is C15H23F2N3. The van der Waals surface area contributed by atoms with E-state index in [9.17, 15) is 8.78 Å². The Balaban J connectivity index is 2.11. The highest BCUT2D eigenvalue weighted by molar-refractivity contribution is 5.23. The minimum Gasteiger partial charge on any atom is -0.329 e. The number of hydrogen-bond donors (Lipinski definition) is 1. The maximum Gasteiger partial charge on any atom is 0.128 e. The Morgan fingerprint density at radius 3 is 2.50 bits per heavy atom. The van der Waals surface area contributed by atoms with Gasteiger partial charge in [0.25, 0.3) is 0 Å². The van der Waals surface area contributed by atoms with Crippen molar-refractivity contribution < 1.29 is 8.78 Å². The van der Waals surface area contributed by atoms with Gasteiger partial charge in [-0.1, -0.05) is 0 Å². The average molecular weight is 283 g/mol. The van der Waals surface area contributed by atoms with Crippen LogP contribution in [-0.2, 0) is 0 Å². The zero-order valence-corrected chi connectivity index (χ0v) is 12.1. The van der Waals surface area contributed by atoms with Crippen molar-refractivity contribution in [2.45, 2.75) is 24.9 Å². The summed E-state index contributed by atoms with van der Waals surface area (Å²) in [6, 6.07) is 3.91. The summed E-state index contributed by atoms with van der Waals surface area (Å²) in [5.74, 6) is -0.792. The Hall–Kier alpha value is -1.04. The van der Waals surface area contributed by atoms with Crippen molar-refractivity contribution in [3.63, 3.8) is 0 Å². The topological polar surface area (TPSA) is 32.5 Å². The monoisotopic (exact) mass is 283 g/mol. The van der Waals surface area contributed by atoms with E-state index in [0.717, 1.165) is 32.0 Å². The molecule has 0 aliphatic carbocycles. The molecule has 1 aliphatic rings. The van der Waals surface area contributed by atoms with Crippen molar-refractivity contribution in [2.75, 3.05) is 33.7 Å². The van der Waals surface area contributed by atoms with E-state index in [1.54, 1.807) is 0 Å². The van der Waals surface area contributed by atoms with Crippen molar-refractivity contribution in [1.29, 1.82) is 0 Å². The zero-order valence-electron chi connectivity index (χ0n) is 12.1. The second-order valence-corrected chi connectivity index (χ2v) is 5.65. The summed E-state index contributed by atoms with van der Waals surface area (Å²) in [5, 5.41) is 0. The Bertz CT molecular complexity index is 443. The zero-order chi connectivity index (χ0) is 14.7. The summed E-state index contributed by atoms with van der Waals surface area (Å²) in [5.41, 5.74) is 6.18. The fourth-order valence-corrected chi connectivity index (χ4v) is 2.96. The fraction of sp³-hybridized carbons (Fsp3) is 0.600. The van der Waals surface area contributed by atoms with E-state index in [2.05, 4.69) is 23.9 Å². The molecule has 5 heteroatoms. The smallest absolute Gasteiger partial charge is 0.128 e. The molecule has 1 unspecified atom stereocenters. The van der Waals surface area contributed by atoms with Gasteiger partial charge in [0.15, 0.2) is 0 Å². The van der Waals surface area contributed by atoms with Gasteiger partial charge in [0, 0.05) is 31.2 Å². The van der Waals surface area contributed by atoms with Gasteiger partial charge >= 0.3 is 0 Å². The van der Waals surface area contributed by atoms with E-state index in [1.165, 1.54) is 12.1 Å². The number of nitrogens with zero attached hydrogens (tertiary/aromatic N) is 2. The molecule has 1 atom stereocenters. The molecule has 2 N–H and O–H groups in total. The van der Waals surface area contributed by atoms with Crippen LogP contribution in [0.3, 0.4) is 0 Å². The third-order valence-corrected chi connectivity index (χ3v) is 4.21. The predicted molar refractivity (Wildman–Crippen MR) is 76.4 cm³/mol. The number of nitrogens with two attached hydrogens (primary N) is 1. The number of benzene rings is 1. The summed E-state index contributed by atoms with van der Waals surface area (Å²) in [7, 11) is 4.15. The minimum absolute atomic E-state index is 0.242. The maximum atomic E-state index is 13.9. The number of piperidine rings is 1. The second-order valence-electron chi connectivity index (χ2n) is 5.65. The molecule has 1 saturated heterocycles. The third kappa shape index (κ3) is 3.34. The van der Waals surface area contributed by atoms with E-state index in [0.29, 0.717) is 18.2 Å². The Morgan fingerprint density at radius 1 is 1.30 bits per heavy atom. The van der Waals surface area contributed by atoms with E-state index in [4.69, 9.17) is 5.73 Å². The highest BCUT2D eigenvalue weighted by atomic mass is 19.1. The fourth-order valence-electron chi connectivity index (χ4n) is 2.96. The molecule has 0 aromatic heterocycles. The normalized spacial score (nSPS) is 19.5. The largest absolute Gasteiger partial charge is 0.329 e. The Labute approximate surface area is 119 Å². The lowest BCUT2D eigenvalue weighted by Gasteiger charge is -2.39. The molecule has 0 radical (unpaired) electrons. The van der Waals surface area contributed by atoms with Crippen LogP contribution >= 0.6 is 0 Å². The molecule has 1 aliphatic heterocycles. The molecule has 0 spiro atoms. The lowest BCUT2D eigenvalue weighted by Crippen LogP contribution is -2.45. The van der Waals surface area contributed by atoms with Crippen LogP contribution in [0, 0.1) is 11.6 Å². The average Bonchev–Trinajstić information content (AvgIpc) is 2.44. The molecule has 0 bridgehead atoms. The third-order valence-electron chi connectivity index (χ3n) is 4.21. The molecule has 112 valence electrons. The van der Waals surface area contributed by atoms with Gasteiger partial charge in [-0.25, -0.2) is 8.78 Å². The molecule has 1 heterocycles. The summed E-state index contributed by atoms with van der Waals surface area (Å²) in [6.07, 6.45) is 2.06. The highest BCUT2D eigenvalue weighted by Crippen LogP contribution is 2.27. The van der Waals surface area contributed by atoms with Gasteiger partial charge in [0.1, 0.15) is 11.6 Å². The van der Waals surface area contributed by atoms with Crippen LogP contribution in [0.25, 0.3) is 0 Å². The van der Waals surface area contributed by atoms with Gasteiger partial charge in [-0.3, -0.25) is 4.90 Å². The lowest BCUT2D eigenvalue weighted by molar-refractivity contribution is 0.109. The molecule has 3 nitrogen and oxygen atoms in total. The van der Waals surface area contributed by atoms with Crippen LogP contribution in [0.1, 0.15) is 24.4 Å². The van der Waals surface area contributed by atoms with Gasteiger partial charge in [0.2, 0.25) is 0 Å². The number of likely N-dealkylation sites (tertiary alicyclic amines) is 1.